The summed E-state index contributed by atoms with van der Waals surface area (Å²) in [7, 11) is 0. The van der Waals surface area contributed by atoms with Gasteiger partial charge in [0.2, 0.25) is 5.91 Å². The predicted molar refractivity (Wildman–Crippen MR) is 94.4 cm³/mol. The van der Waals surface area contributed by atoms with Crippen LogP contribution >= 0.6 is 24.8 Å². The lowest BCUT2D eigenvalue weighted by molar-refractivity contribution is -0.121. The average molecular weight is 368 g/mol. The van der Waals surface area contributed by atoms with Gasteiger partial charge in [-0.1, -0.05) is 0 Å². The highest BCUT2D eigenvalue weighted by molar-refractivity contribution is 5.85. The van der Waals surface area contributed by atoms with Crippen molar-refractivity contribution >= 4 is 30.7 Å². The van der Waals surface area contributed by atoms with Gasteiger partial charge in [-0.25, -0.2) is 0 Å². The molecule has 8 heteroatoms. The molecule has 2 heterocycles. The number of furan rings is 1. The van der Waals surface area contributed by atoms with Crippen molar-refractivity contribution in [2.45, 2.75) is 25.8 Å². The van der Waals surface area contributed by atoms with Crippen molar-refractivity contribution in [2.75, 3.05) is 39.4 Å². The molecular weight excluding hydrogens is 341 g/mol. The number of morpholine rings is 1. The highest BCUT2D eigenvalue weighted by Crippen LogP contribution is 2.23. The van der Waals surface area contributed by atoms with Crippen LogP contribution in [0.3, 0.4) is 0 Å². The highest BCUT2D eigenvalue weighted by atomic mass is 35.5. The van der Waals surface area contributed by atoms with Crippen molar-refractivity contribution in [3.63, 3.8) is 0 Å². The Kier molecular flexibility index (Phi) is 11.3. The van der Waals surface area contributed by atoms with E-state index >= 15 is 0 Å². The van der Waals surface area contributed by atoms with Gasteiger partial charge in [0.15, 0.2) is 0 Å². The quantitative estimate of drug-likeness (QED) is 0.765. The molecule has 1 atom stereocenters. The molecule has 3 N–H and O–H groups in total. The minimum Gasteiger partial charge on any atom is -0.465 e. The number of hydrogen-bond acceptors (Lipinski definition) is 5. The van der Waals surface area contributed by atoms with E-state index in [0.717, 1.165) is 37.8 Å². The number of ether oxygens (including phenoxy) is 1. The SMILES string of the molecule is Cc1ccc(C(CNC(=O)CCCN)N2CCOCC2)o1.Cl.Cl. The van der Waals surface area contributed by atoms with Crippen molar-refractivity contribution < 1.29 is 13.9 Å². The van der Waals surface area contributed by atoms with E-state index in [1.54, 1.807) is 0 Å². The topological polar surface area (TPSA) is 80.7 Å². The van der Waals surface area contributed by atoms with E-state index in [2.05, 4.69) is 10.2 Å². The molecule has 6 nitrogen and oxygen atoms in total. The van der Waals surface area contributed by atoms with Crippen LogP contribution in [0.4, 0.5) is 0 Å². The first-order valence-corrected chi connectivity index (χ1v) is 7.55. The Labute approximate surface area is 149 Å². The van der Waals surface area contributed by atoms with Crippen molar-refractivity contribution in [3.05, 3.63) is 23.7 Å². The number of carbonyl (C=O) groups excluding carboxylic acids is 1. The molecular formula is C15H27Cl2N3O3. The zero-order valence-corrected chi connectivity index (χ0v) is 15.1. The lowest BCUT2D eigenvalue weighted by Crippen LogP contribution is -2.43. The molecule has 0 bridgehead atoms. The molecule has 1 aromatic rings. The minimum absolute atomic E-state index is 0. The van der Waals surface area contributed by atoms with Crippen LogP contribution < -0.4 is 11.1 Å². The lowest BCUT2D eigenvalue weighted by atomic mass is 10.1. The molecule has 1 saturated heterocycles. The molecule has 1 aromatic heterocycles. The largest absolute Gasteiger partial charge is 0.465 e. The Morgan fingerprint density at radius 2 is 2.04 bits per heavy atom. The molecule has 1 amide bonds. The molecule has 1 fully saturated rings. The predicted octanol–water partition coefficient (Wildman–Crippen LogP) is 1.66. The monoisotopic (exact) mass is 367 g/mol. The molecule has 0 aromatic carbocycles. The Hall–Kier alpha value is -0.790. The van der Waals surface area contributed by atoms with E-state index in [1.807, 2.05) is 19.1 Å². The maximum absolute atomic E-state index is 11.8. The minimum atomic E-state index is 0. The molecule has 1 unspecified atom stereocenters. The van der Waals surface area contributed by atoms with Crippen molar-refractivity contribution in [2.24, 2.45) is 5.73 Å². The first-order valence-electron chi connectivity index (χ1n) is 7.55. The average Bonchev–Trinajstić information content (AvgIpc) is 2.93. The number of aryl methyl sites for hydroxylation is 1. The molecule has 0 spiro atoms. The van der Waals surface area contributed by atoms with Crippen LogP contribution in [0.1, 0.15) is 30.4 Å². The molecule has 1 aliphatic heterocycles. The second kappa shape index (κ2) is 11.7. The van der Waals surface area contributed by atoms with Gasteiger partial charge in [-0.05, 0) is 32.0 Å². The van der Waals surface area contributed by atoms with Gasteiger partial charge in [-0.2, -0.15) is 0 Å². The fraction of sp³-hybridized carbons (Fsp3) is 0.667. The first kappa shape index (κ1) is 22.2. The van der Waals surface area contributed by atoms with E-state index in [4.69, 9.17) is 14.9 Å². The van der Waals surface area contributed by atoms with Crippen molar-refractivity contribution in [1.29, 1.82) is 0 Å². The molecule has 1 aliphatic rings. The van der Waals surface area contributed by atoms with E-state index in [0.29, 0.717) is 25.9 Å². The van der Waals surface area contributed by atoms with Gasteiger partial charge < -0.3 is 20.2 Å². The molecule has 23 heavy (non-hydrogen) atoms. The van der Waals surface area contributed by atoms with Gasteiger partial charge in [0.1, 0.15) is 11.5 Å². The molecule has 2 rings (SSSR count). The van der Waals surface area contributed by atoms with E-state index in [1.165, 1.54) is 0 Å². The summed E-state index contributed by atoms with van der Waals surface area (Å²) >= 11 is 0. The van der Waals surface area contributed by atoms with Crippen molar-refractivity contribution in [1.82, 2.24) is 10.2 Å². The third-order valence-electron chi connectivity index (χ3n) is 3.68. The summed E-state index contributed by atoms with van der Waals surface area (Å²) in [5.74, 6) is 1.83. The standard InChI is InChI=1S/C15H25N3O3.2ClH/c1-12-4-5-14(21-12)13(18-7-9-20-10-8-18)11-17-15(19)3-2-6-16;;/h4-5,13H,2-3,6-11,16H2,1H3,(H,17,19);2*1H. The maximum Gasteiger partial charge on any atom is 0.220 e. The fourth-order valence-corrected chi connectivity index (χ4v) is 2.49. The second-order valence-electron chi connectivity index (χ2n) is 5.31. The third-order valence-corrected chi connectivity index (χ3v) is 3.68. The summed E-state index contributed by atoms with van der Waals surface area (Å²) in [6, 6.07) is 4.00. The maximum atomic E-state index is 11.8. The van der Waals surface area contributed by atoms with Gasteiger partial charge in [0, 0.05) is 26.1 Å². The zero-order valence-electron chi connectivity index (χ0n) is 13.5. The van der Waals surface area contributed by atoms with Gasteiger partial charge in [-0.3, -0.25) is 9.69 Å². The molecule has 0 saturated carbocycles. The Bertz CT molecular complexity index is 451. The van der Waals surface area contributed by atoms with Crippen molar-refractivity contribution in [3.8, 4) is 0 Å². The first-order chi connectivity index (χ1) is 10.2. The van der Waals surface area contributed by atoms with E-state index < -0.39 is 0 Å². The van der Waals surface area contributed by atoms with Gasteiger partial charge in [0.25, 0.3) is 0 Å². The summed E-state index contributed by atoms with van der Waals surface area (Å²) in [4.78, 5) is 14.1. The second-order valence-corrected chi connectivity index (χ2v) is 5.31. The number of hydrogen-bond donors (Lipinski definition) is 2. The number of nitrogens with two attached hydrogens (primary N) is 1. The number of carbonyl (C=O) groups is 1. The van der Waals surface area contributed by atoms with Gasteiger partial charge in [-0.15, -0.1) is 24.8 Å². The summed E-state index contributed by atoms with van der Waals surface area (Å²) < 4.78 is 11.2. The van der Waals surface area contributed by atoms with Crippen LogP contribution in [-0.2, 0) is 9.53 Å². The normalized spacial score (nSPS) is 16.1. The fourth-order valence-electron chi connectivity index (χ4n) is 2.49. The molecule has 0 aliphatic carbocycles. The number of halogens is 2. The Morgan fingerprint density at radius 3 is 2.61 bits per heavy atom. The van der Waals surface area contributed by atoms with Crippen LogP contribution in [0.25, 0.3) is 0 Å². The van der Waals surface area contributed by atoms with Crippen LogP contribution in [0.15, 0.2) is 16.5 Å². The van der Waals surface area contributed by atoms with Crippen LogP contribution in [0, 0.1) is 6.92 Å². The molecule has 134 valence electrons. The third kappa shape index (κ3) is 7.10. The van der Waals surface area contributed by atoms with Crippen LogP contribution in [0.2, 0.25) is 0 Å². The van der Waals surface area contributed by atoms with Gasteiger partial charge >= 0.3 is 0 Å². The van der Waals surface area contributed by atoms with Crippen LogP contribution in [-0.4, -0.2) is 50.2 Å². The highest BCUT2D eigenvalue weighted by Gasteiger charge is 2.25. The van der Waals surface area contributed by atoms with E-state index in [-0.39, 0.29) is 36.8 Å². The smallest absolute Gasteiger partial charge is 0.220 e. The number of rotatable bonds is 7. The van der Waals surface area contributed by atoms with Crippen LogP contribution in [0.5, 0.6) is 0 Å². The summed E-state index contributed by atoms with van der Waals surface area (Å²) in [6.07, 6.45) is 1.19. The lowest BCUT2D eigenvalue weighted by Gasteiger charge is -2.33. The number of nitrogens with zero attached hydrogens (tertiary/aromatic N) is 1. The summed E-state index contributed by atoms with van der Waals surface area (Å²) in [5.41, 5.74) is 5.43. The molecule has 0 radical (unpaired) electrons. The van der Waals surface area contributed by atoms with Gasteiger partial charge in [0.05, 0.1) is 19.3 Å². The zero-order chi connectivity index (χ0) is 15.1. The van der Waals surface area contributed by atoms with E-state index in [9.17, 15) is 4.79 Å². The summed E-state index contributed by atoms with van der Waals surface area (Å²) in [5, 5.41) is 2.99. The Balaban J connectivity index is 0.00000242. The number of amides is 1. The Morgan fingerprint density at radius 1 is 1.35 bits per heavy atom. The summed E-state index contributed by atoms with van der Waals surface area (Å²) in [6.45, 7) is 6.16. The number of nitrogens with one attached hydrogen (secondary N) is 1.